The van der Waals surface area contributed by atoms with Gasteiger partial charge in [0.1, 0.15) is 5.92 Å². The fraction of sp³-hybridized carbons (Fsp3) is 0.750. The van der Waals surface area contributed by atoms with E-state index in [1.54, 1.807) is 0 Å². The van der Waals surface area contributed by atoms with E-state index < -0.39 is 24.0 Å². The maximum Gasteiger partial charge on any atom is 0.317 e. The van der Waals surface area contributed by atoms with Crippen molar-refractivity contribution in [3.63, 3.8) is 0 Å². The first-order valence-corrected chi connectivity index (χ1v) is 6.59. The molecule has 20 heavy (non-hydrogen) atoms. The van der Waals surface area contributed by atoms with E-state index in [-0.39, 0.29) is 31.7 Å². The number of nitrogens with zero attached hydrogens (tertiary/aromatic N) is 1. The summed E-state index contributed by atoms with van der Waals surface area (Å²) in [5, 5.41) is 14.3. The second-order valence-corrected chi connectivity index (χ2v) is 5.16. The van der Waals surface area contributed by atoms with Gasteiger partial charge in [0, 0.05) is 13.1 Å². The minimum absolute atomic E-state index is 0.0970. The Morgan fingerprint density at radius 3 is 2.60 bits per heavy atom. The molecule has 0 bridgehead atoms. The number of rotatable bonds is 5. The van der Waals surface area contributed by atoms with E-state index in [0.717, 1.165) is 12.8 Å². The second-order valence-electron chi connectivity index (χ2n) is 5.16. The van der Waals surface area contributed by atoms with Crippen LogP contribution in [0.5, 0.6) is 0 Å². The third kappa shape index (κ3) is 3.60. The largest absolute Gasteiger partial charge is 0.481 e. The molecule has 2 aliphatic rings. The molecule has 3 N–H and O–H groups in total. The molecule has 3 amide bonds. The van der Waals surface area contributed by atoms with E-state index in [1.165, 1.54) is 11.9 Å². The van der Waals surface area contributed by atoms with Gasteiger partial charge in [-0.3, -0.25) is 9.59 Å². The molecule has 0 aromatic carbocycles. The van der Waals surface area contributed by atoms with Gasteiger partial charge in [0.15, 0.2) is 0 Å². The van der Waals surface area contributed by atoms with Crippen LogP contribution in [0.15, 0.2) is 0 Å². The molecule has 2 atom stereocenters. The van der Waals surface area contributed by atoms with Crippen LogP contribution in [-0.2, 0) is 14.3 Å². The first-order chi connectivity index (χ1) is 9.49. The Hall–Kier alpha value is -1.83. The van der Waals surface area contributed by atoms with Crippen molar-refractivity contribution in [2.75, 3.05) is 26.8 Å². The highest BCUT2D eigenvalue weighted by Crippen LogP contribution is 2.19. The molecule has 1 aliphatic carbocycles. The van der Waals surface area contributed by atoms with Crippen LogP contribution in [0.1, 0.15) is 12.8 Å². The zero-order valence-electron chi connectivity index (χ0n) is 11.3. The Balaban J connectivity index is 1.78. The Kier molecular flexibility index (Phi) is 4.43. The molecular weight excluding hydrogens is 266 g/mol. The fourth-order valence-corrected chi connectivity index (χ4v) is 2.10. The van der Waals surface area contributed by atoms with Gasteiger partial charge in [-0.15, -0.1) is 0 Å². The van der Waals surface area contributed by atoms with Gasteiger partial charge in [-0.2, -0.15) is 0 Å². The van der Waals surface area contributed by atoms with E-state index in [4.69, 9.17) is 9.84 Å². The number of carboxylic acid groups (broad SMARTS) is 1. The van der Waals surface area contributed by atoms with Gasteiger partial charge in [0.2, 0.25) is 5.91 Å². The number of carboxylic acids is 1. The van der Waals surface area contributed by atoms with Crippen molar-refractivity contribution in [2.45, 2.75) is 24.9 Å². The summed E-state index contributed by atoms with van der Waals surface area (Å²) >= 11 is 0. The summed E-state index contributed by atoms with van der Waals surface area (Å²) in [5.74, 6) is -1.95. The fourth-order valence-electron chi connectivity index (χ4n) is 2.10. The van der Waals surface area contributed by atoms with E-state index in [9.17, 15) is 14.4 Å². The number of carbonyl (C=O) groups excluding carboxylic acids is 2. The molecule has 2 unspecified atom stereocenters. The number of amides is 3. The molecule has 0 aromatic heterocycles. The van der Waals surface area contributed by atoms with Gasteiger partial charge in [-0.05, 0) is 12.8 Å². The lowest BCUT2D eigenvalue weighted by Crippen LogP contribution is -2.50. The second kappa shape index (κ2) is 6.08. The highest BCUT2D eigenvalue weighted by Gasteiger charge is 2.38. The lowest BCUT2D eigenvalue weighted by molar-refractivity contribution is -0.142. The van der Waals surface area contributed by atoms with Crippen LogP contribution < -0.4 is 10.6 Å². The van der Waals surface area contributed by atoms with Gasteiger partial charge in [-0.25, -0.2) is 4.79 Å². The predicted molar refractivity (Wildman–Crippen MR) is 68.1 cm³/mol. The average Bonchev–Trinajstić information content (AvgIpc) is 3.07. The molecule has 1 saturated heterocycles. The molecule has 112 valence electrons. The van der Waals surface area contributed by atoms with Crippen molar-refractivity contribution in [1.29, 1.82) is 0 Å². The maximum atomic E-state index is 11.9. The standard InChI is InChI=1S/C12H19N3O5/c1-15(9-6-20-5-8(9)11(17)18)12(19)13-4-10(16)14-7-2-3-7/h7-9H,2-6H2,1H3,(H,13,19)(H,14,16)(H,17,18). The molecule has 2 rings (SSSR count). The number of ether oxygens (including phenoxy) is 1. The number of urea groups is 1. The normalized spacial score (nSPS) is 25.1. The van der Waals surface area contributed by atoms with Crippen molar-refractivity contribution in [2.24, 2.45) is 5.92 Å². The van der Waals surface area contributed by atoms with Gasteiger partial charge in [-0.1, -0.05) is 0 Å². The van der Waals surface area contributed by atoms with Crippen LogP contribution in [0.4, 0.5) is 4.79 Å². The highest BCUT2D eigenvalue weighted by atomic mass is 16.5. The van der Waals surface area contributed by atoms with Gasteiger partial charge >= 0.3 is 12.0 Å². The summed E-state index contributed by atoms with van der Waals surface area (Å²) in [6.07, 6.45) is 1.97. The monoisotopic (exact) mass is 285 g/mol. The van der Waals surface area contributed by atoms with Gasteiger partial charge in [0.05, 0.1) is 25.8 Å². The van der Waals surface area contributed by atoms with Crippen LogP contribution in [0.25, 0.3) is 0 Å². The number of carbonyl (C=O) groups is 3. The quantitative estimate of drug-likeness (QED) is 0.601. The van der Waals surface area contributed by atoms with Crippen molar-refractivity contribution in [1.82, 2.24) is 15.5 Å². The summed E-state index contributed by atoms with van der Waals surface area (Å²) in [6, 6.07) is -0.742. The molecule has 8 heteroatoms. The maximum absolute atomic E-state index is 11.9. The molecule has 1 aliphatic heterocycles. The minimum Gasteiger partial charge on any atom is -0.481 e. The van der Waals surface area contributed by atoms with Crippen molar-refractivity contribution < 1.29 is 24.2 Å². The number of likely N-dealkylation sites (N-methyl/N-ethyl adjacent to an activating group) is 1. The van der Waals surface area contributed by atoms with Crippen molar-refractivity contribution >= 4 is 17.9 Å². The van der Waals surface area contributed by atoms with E-state index in [2.05, 4.69) is 10.6 Å². The smallest absolute Gasteiger partial charge is 0.317 e. The van der Waals surface area contributed by atoms with Gasteiger partial charge < -0.3 is 25.4 Å². The third-order valence-electron chi connectivity index (χ3n) is 3.53. The van der Waals surface area contributed by atoms with E-state index in [0.29, 0.717) is 0 Å². The van der Waals surface area contributed by atoms with Crippen LogP contribution in [0, 0.1) is 5.92 Å². The molecule has 1 heterocycles. The van der Waals surface area contributed by atoms with Gasteiger partial charge in [0.25, 0.3) is 0 Å². The number of aliphatic carboxylic acids is 1. The van der Waals surface area contributed by atoms with Crippen LogP contribution >= 0.6 is 0 Å². The summed E-state index contributed by atoms with van der Waals surface area (Å²) in [5.41, 5.74) is 0. The number of hydrogen-bond acceptors (Lipinski definition) is 4. The molecule has 0 radical (unpaired) electrons. The molecule has 0 aromatic rings. The third-order valence-corrected chi connectivity index (χ3v) is 3.53. The molecular formula is C12H19N3O5. The summed E-state index contributed by atoms with van der Waals surface area (Å²) in [6.45, 7) is 0.180. The first-order valence-electron chi connectivity index (χ1n) is 6.59. The minimum atomic E-state index is -0.987. The predicted octanol–water partition coefficient (Wildman–Crippen LogP) is -0.994. The SMILES string of the molecule is CN(C(=O)NCC(=O)NC1CC1)C1COCC1C(=O)O. The molecule has 8 nitrogen and oxygen atoms in total. The number of nitrogens with one attached hydrogen (secondary N) is 2. The van der Waals surface area contributed by atoms with Crippen LogP contribution in [0.2, 0.25) is 0 Å². The zero-order valence-corrected chi connectivity index (χ0v) is 11.3. The lowest BCUT2D eigenvalue weighted by atomic mass is 10.0. The van der Waals surface area contributed by atoms with Crippen LogP contribution in [0.3, 0.4) is 0 Å². The molecule has 2 fully saturated rings. The Bertz CT molecular complexity index is 410. The lowest BCUT2D eigenvalue weighted by Gasteiger charge is -2.26. The van der Waals surface area contributed by atoms with E-state index in [1.807, 2.05) is 0 Å². The van der Waals surface area contributed by atoms with E-state index >= 15 is 0 Å². The molecule has 0 spiro atoms. The highest BCUT2D eigenvalue weighted by molar-refractivity contribution is 5.84. The summed E-state index contributed by atoms with van der Waals surface area (Å²) in [7, 11) is 1.50. The Labute approximate surface area is 116 Å². The zero-order chi connectivity index (χ0) is 14.7. The molecule has 1 saturated carbocycles. The topological polar surface area (TPSA) is 108 Å². The number of hydrogen-bond donors (Lipinski definition) is 3. The summed E-state index contributed by atoms with van der Waals surface area (Å²) < 4.78 is 5.11. The Morgan fingerprint density at radius 1 is 1.30 bits per heavy atom. The average molecular weight is 285 g/mol. The Morgan fingerprint density at radius 2 is 2.00 bits per heavy atom. The van der Waals surface area contributed by atoms with Crippen molar-refractivity contribution in [3.05, 3.63) is 0 Å². The van der Waals surface area contributed by atoms with Crippen LogP contribution in [-0.4, -0.2) is 66.8 Å². The first kappa shape index (κ1) is 14.6. The van der Waals surface area contributed by atoms with Crippen molar-refractivity contribution in [3.8, 4) is 0 Å². The summed E-state index contributed by atoms with van der Waals surface area (Å²) in [4.78, 5) is 35.7.